The number of benzene rings is 3. The minimum absolute atomic E-state index is 0.0284. The van der Waals surface area contributed by atoms with Crippen molar-refractivity contribution in [2.45, 2.75) is 32.7 Å². The molecule has 1 N–H and O–H groups in total. The molecule has 0 saturated carbocycles. The molecule has 0 fully saturated rings. The Morgan fingerprint density at radius 2 is 1.84 bits per heavy atom. The summed E-state index contributed by atoms with van der Waals surface area (Å²) in [6.07, 6.45) is 2.82. The third-order valence-corrected chi connectivity index (χ3v) is 8.52. The second-order valence-corrected chi connectivity index (χ2v) is 11.6. The zero-order chi connectivity index (χ0) is 31.5. The van der Waals surface area contributed by atoms with E-state index in [1.165, 1.54) is 28.0 Å². The van der Waals surface area contributed by atoms with Crippen molar-refractivity contribution in [3.8, 4) is 11.5 Å². The van der Waals surface area contributed by atoms with Gasteiger partial charge in [-0.1, -0.05) is 78.2 Å². The maximum absolute atomic E-state index is 14.3. The van der Waals surface area contributed by atoms with Gasteiger partial charge in [0.05, 0.1) is 39.6 Å². The van der Waals surface area contributed by atoms with Crippen LogP contribution in [0.15, 0.2) is 69.6 Å². The van der Waals surface area contributed by atoms with Gasteiger partial charge in [-0.05, 0) is 54.0 Å². The highest BCUT2D eigenvalue weighted by molar-refractivity contribution is 7.07. The number of nitrogens with zero attached hydrogens (tertiary/aromatic N) is 2. The predicted octanol–water partition coefficient (Wildman–Crippen LogP) is 5.51. The molecule has 12 heteroatoms. The van der Waals surface area contributed by atoms with Crippen molar-refractivity contribution in [1.82, 2.24) is 4.57 Å². The first-order valence-corrected chi connectivity index (χ1v) is 15.4. The second kappa shape index (κ2) is 13.3. The Hall–Kier alpha value is -4.12. The third kappa shape index (κ3) is 5.97. The van der Waals surface area contributed by atoms with Crippen molar-refractivity contribution in [1.29, 1.82) is 0 Å². The number of carboxylic acids is 1. The predicted molar refractivity (Wildman–Crippen MR) is 170 cm³/mol. The molecule has 1 aromatic heterocycles. The number of carbonyl (C=O) groups is 2. The van der Waals surface area contributed by atoms with Crippen LogP contribution in [0.2, 0.25) is 10.0 Å². The fourth-order valence-electron chi connectivity index (χ4n) is 5.22. The Kier molecular flexibility index (Phi) is 9.43. The molecule has 44 heavy (non-hydrogen) atoms. The average Bonchev–Trinajstić information content (AvgIpc) is 3.29. The highest BCUT2D eigenvalue weighted by Gasteiger charge is 2.37. The van der Waals surface area contributed by atoms with E-state index in [4.69, 9.17) is 47.5 Å². The summed E-state index contributed by atoms with van der Waals surface area (Å²) in [5.74, 6) is -1.19. The lowest BCUT2D eigenvalue weighted by molar-refractivity contribution is -0.140. The van der Waals surface area contributed by atoms with Gasteiger partial charge in [0.15, 0.2) is 17.2 Å². The van der Waals surface area contributed by atoms with E-state index < -0.39 is 24.6 Å². The minimum Gasteiger partial charge on any atom is -0.496 e. The Labute approximate surface area is 266 Å². The fraction of sp³-hybridized carbons (Fsp3) is 0.250. The van der Waals surface area contributed by atoms with E-state index >= 15 is 0 Å². The van der Waals surface area contributed by atoms with E-state index in [1.807, 2.05) is 43.3 Å². The highest BCUT2D eigenvalue weighted by atomic mass is 35.5. The normalized spacial score (nSPS) is 14.8. The molecule has 0 saturated heterocycles. The number of methoxy groups -OCH3 is 1. The molecule has 1 aliphatic heterocycles. The number of allylic oxidation sites excluding steroid dienone is 1. The van der Waals surface area contributed by atoms with E-state index in [1.54, 1.807) is 20.1 Å². The van der Waals surface area contributed by atoms with Crippen molar-refractivity contribution in [2.24, 2.45) is 4.99 Å². The van der Waals surface area contributed by atoms with Gasteiger partial charge in [0.2, 0.25) is 0 Å². The van der Waals surface area contributed by atoms with Gasteiger partial charge in [-0.3, -0.25) is 9.36 Å². The van der Waals surface area contributed by atoms with Gasteiger partial charge in [-0.25, -0.2) is 14.6 Å². The number of hydrogen-bond donors (Lipinski definition) is 1. The van der Waals surface area contributed by atoms with E-state index in [2.05, 4.69) is 0 Å². The summed E-state index contributed by atoms with van der Waals surface area (Å²) in [6.45, 7) is 3.26. The lowest BCUT2D eigenvalue weighted by atomic mass is 9.90. The molecule has 0 radical (unpaired) electrons. The molecule has 2 heterocycles. The van der Waals surface area contributed by atoms with Crippen molar-refractivity contribution in [3.63, 3.8) is 0 Å². The van der Waals surface area contributed by atoms with Gasteiger partial charge in [0.25, 0.3) is 5.56 Å². The Bertz CT molecular complexity index is 1970. The van der Waals surface area contributed by atoms with Crippen LogP contribution < -0.4 is 24.4 Å². The highest BCUT2D eigenvalue weighted by Crippen LogP contribution is 2.41. The number of ether oxygens (including phenoxy) is 3. The zero-order valence-electron chi connectivity index (χ0n) is 24.1. The maximum atomic E-state index is 14.3. The Morgan fingerprint density at radius 1 is 1.11 bits per heavy atom. The summed E-state index contributed by atoms with van der Waals surface area (Å²) in [7, 11) is 1.55. The molecule has 4 aromatic rings. The summed E-state index contributed by atoms with van der Waals surface area (Å²) in [4.78, 5) is 44.1. The number of carboxylic acid groups (broad SMARTS) is 1. The lowest BCUT2D eigenvalue weighted by Gasteiger charge is -2.28. The molecule has 0 unspecified atom stereocenters. The summed E-state index contributed by atoms with van der Waals surface area (Å²) in [5.41, 5.74) is 1.59. The zero-order valence-corrected chi connectivity index (χ0v) is 26.4. The molecule has 9 nitrogen and oxygen atoms in total. The Morgan fingerprint density at radius 3 is 2.50 bits per heavy atom. The van der Waals surface area contributed by atoms with Crippen LogP contribution in [-0.2, 0) is 14.3 Å². The maximum Gasteiger partial charge on any atom is 0.341 e. The van der Waals surface area contributed by atoms with Crippen LogP contribution in [0.1, 0.15) is 43.9 Å². The van der Waals surface area contributed by atoms with Crippen molar-refractivity contribution < 1.29 is 28.9 Å². The molecular weight excluding hydrogens is 627 g/mol. The smallest absolute Gasteiger partial charge is 0.341 e. The molecule has 1 aliphatic rings. The number of thiazole rings is 1. The molecular formula is C32H28Cl2N2O7S. The van der Waals surface area contributed by atoms with Gasteiger partial charge in [0, 0.05) is 5.56 Å². The fourth-order valence-corrected chi connectivity index (χ4v) is 6.85. The molecule has 0 spiro atoms. The molecule has 0 amide bonds. The van der Waals surface area contributed by atoms with E-state index in [9.17, 15) is 14.4 Å². The second-order valence-electron chi connectivity index (χ2n) is 9.81. The van der Waals surface area contributed by atoms with Crippen LogP contribution >= 0.6 is 34.5 Å². The van der Waals surface area contributed by atoms with E-state index in [-0.39, 0.29) is 33.5 Å². The number of carbonyl (C=O) groups excluding carboxylic acids is 1. The topological polar surface area (TPSA) is 116 Å². The van der Waals surface area contributed by atoms with Crippen LogP contribution in [0.5, 0.6) is 11.5 Å². The van der Waals surface area contributed by atoms with E-state index in [0.717, 1.165) is 10.8 Å². The lowest BCUT2D eigenvalue weighted by Crippen LogP contribution is -2.40. The monoisotopic (exact) mass is 654 g/mol. The van der Waals surface area contributed by atoms with Crippen LogP contribution in [0.25, 0.3) is 16.8 Å². The number of aromatic nitrogens is 1. The molecule has 3 aromatic carbocycles. The first-order chi connectivity index (χ1) is 21.2. The number of fused-ring (bicyclic) bond motifs is 2. The Balaban J connectivity index is 1.79. The number of aliphatic carboxylic acids is 1. The van der Waals surface area contributed by atoms with Crippen molar-refractivity contribution >= 4 is 63.3 Å². The molecule has 0 aliphatic carbocycles. The average molecular weight is 656 g/mol. The molecule has 5 rings (SSSR count). The van der Waals surface area contributed by atoms with Crippen LogP contribution in [0.4, 0.5) is 0 Å². The van der Waals surface area contributed by atoms with Crippen LogP contribution in [0.3, 0.4) is 0 Å². The van der Waals surface area contributed by atoms with Gasteiger partial charge < -0.3 is 19.3 Å². The summed E-state index contributed by atoms with van der Waals surface area (Å²) < 4.78 is 18.4. The summed E-state index contributed by atoms with van der Waals surface area (Å²) in [6, 6.07) is 13.6. The minimum atomic E-state index is -1.18. The number of halogens is 2. The van der Waals surface area contributed by atoms with Gasteiger partial charge in [-0.15, -0.1) is 0 Å². The number of esters is 1. The van der Waals surface area contributed by atoms with Crippen LogP contribution in [0, 0.1) is 0 Å². The first-order valence-electron chi connectivity index (χ1n) is 13.8. The third-order valence-electron chi connectivity index (χ3n) is 6.97. The van der Waals surface area contributed by atoms with Crippen LogP contribution in [-0.4, -0.2) is 41.9 Å². The van der Waals surface area contributed by atoms with Gasteiger partial charge in [0.1, 0.15) is 11.8 Å². The largest absolute Gasteiger partial charge is 0.496 e. The van der Waals surface area contributed by atoms with Crippen molar-refractivity contribution in [2.75, 3.05) is 20.3 Å². The first kappa shape index (κ1) is 31.3. The summed E-state index contributed by atoms with van der Waals surface area (Å²) in [5, 5.41) is 10.9. The van der Waals surface area contributed by atoms with Gasteiger partial charge >= 0.3 is 11.9 Å². The molecule has 228 valence electrons. The summed E-state index contributed by atoms with van der Waals surface area (Å²) >= 11 is 13.9. The quantitative estimate of drug-likeness (QED) is 0.224. The van der Waals surface area contributed by atoms with Gasteiger partial charge in [-0.2, -0.15) is 0 Å². The SMILES string of the molecule is CCCC1=C(C(=O)OCC)[C@H](c2c(OC)ccc3ccccc23)n2c(s/c(=C\c3cc(Cl)c(OCC(=O)O)c(Cl)c3)c2=O)=N1. The molecule has 1 atom stereocenters. The standard InChI is InChI=1S/C32H28Cl2N2O7S/c1-4-8-22-27(31(40)42-5-2)28(26-19-10-7-6-9-18(19)11-12-23(26)41-3)36-30(39)24(44-32(36)35-22)15-17-13-20(33)29(21(34)14-17)43-16-25(37)38/h6-7,9-15,28H,4-5,8,16H2,1-3H3,(H,37,38)/b24-15-/t28-/m0/s1. The number of rotatable bonds is 10. The number of hydrogen-bond acceptors (Lipinski definition) is 8. The van der Waals surface area contributed by atoms with Crippen molar-refractivity contribution in [3.05, 3.63) is 101 Å². The molecule has 0 bridgehead atoms. The van der Waals surface area contributed by atoms with E-state index in [0.29, 0.717) is 44.7 Å².